The van der Waals surface area contributed by atoms with Crippen LogP contribution in [0.5, 0.6) is 0 Å². The van der Waals surface area contributed by atoms with E-state index in [1.165, 1.54) is 0 Å². The summed E-state index contributed by atoms with van der Waals surface area (Å²) in [5, 5.41) is 0. The predicted molar refractivity (Wildman–Crippen MR) is 44.6 cm³/mol. The first-order valence-electron chi connectivity index (χ1n) is 4.76. The van der Waals surface area contributed by atoms with Crippen molar-refractivity contribution in [2.45, 2.75) is 32.6 Å². The van der Waals surface area contributed by atoms with Crippen molar-refractivity contribution in [2.75, 3.05) is 0 Å². The molecule has 0 bridgehead atoms. The number of hydrogen-bond acceptors (Lipinski definition) is 2. The summed E-state index contributed by atoms with van der Waals surface area (Å²) in [6, 6.07) is 0. The van der Waals surface area contributed by atoms with Crippen LogP contribution in [0.15, 0.2) is 0 Å². The van der Waals surface area contributed by atoms with Crippen molar-refractivity contribution in [1.29, 1.82) is 0 Å². The molecule has 0 aromatic rings. The molecule has 2 aliphatic rings. The lowest BCUT2D eigenvalue weighted by molar-refractivity contribution is -0.134. The highest BCUT2D eigenvalue weighted by Gasteiger charge is 2.45. The summed E-state index contributed by atoms with van der Waals surface area (Å²) in [6.45, 7) is 1.95. The van der Waals surface area contributed by atoms with Crippen molar-refractivity contribution < 1.29 is 9.59 Å². The fraction of sp³-hybridized carbons (Fsp3) is 0.800. The highest BCUT2D eigenvalue weighted by Crippen LogP contribution is 2.40. The third kappa shape index (κ3) is 1.01. The van der Waals surface area contributed by atoms with Crippen LogP contribution < -0.4 is 0 Å². The molecular formula is C10H14O2. The lowest BCUT2D eigenvalue weighted by Crippen LogP contribution is -2.29. The number of carbonyl (C=O) groups excluding carboxylic acids is 2. The van der Waals surface area contributed by atoms with Crippen LogP contribution in [0, 0.1) is 17.8 Å². The van der Waals surface area contributed by atoms with Crippen molar-refractivity contribution in [3.8, 4) is 0 Å². The average Bonchev–Trinajstić information content (AvgIpc) is 2.29. The Kier molecular flexibility index (Phi) is 1.78. The van der Waals surface area contributed by atoms with E-state index in [2.05, 4.69) is 0 Å². The lowest BCUT2D eigenvalue weighted by Gasteiger charge is -2.21. The van der Waals surface area contributed by atoms with Crippen LogP contribution in [0.3, 0.4) is 0 Å². The van der Waals surface area contributed by atoms with Gasteiger partial charge in [-0.25, -0.2) is 0 Å². The number of carbonyl (C=O) groups is 2. The van der Waals surface area contributed by atoms with Gasteiger partial charge in [0.1, 0.15) is 11.6 Å². The van der Waals surface area contributed by atoms with Gasteiger partial charge in [-0.15, -0.1) is 0 Å². The molecule has 0 radical (unpaired) electrons. The molecule has 12 heavy (non-hydrogen) atoms. The lowest BCUT2D eigenvalue weighted by atomic mass is 9.80. The number of ketones is 2. The third-order valence-corrected chi connectivity index (χ3v) is 3.26. The molecule has 0 spiro atoms. The maximum absolute atomic E-state index is 11.5. The van der Waals surface area contributed by atoms with Gasteiger partial charge in [-0.3, -0.25) is 9.59 Å². The predicted octanol–water partition coefficient (Wildman–Crippen LogP) is 1.58. The van der Waals surface area contributed by atoms with E-state index in [1.54, 1.807) is 0 Å². The second-order valence-electron chi connectivity index (χ2n) is 4.14. The standard InChI is InChI=1S/C10H14O2/c1-6-5-7-3-2-4-8(11)9(7)10(6)12/h6-7,9H,2-5H2,1H3. The Balaban J connectivity index is 2.23. The van der Waals surface area contributed by atoms with Gasteiger partial charge in [0.2, 0.25) is 0 Å². The molecular weight excluding hydrogens is 152 g/mol. The Hall–Kier alpha value is -0.660. The SMILES string of the molecule is CC1CC2CCCC(=O)C2C1=O. The van der Waals surface area contributed by atoms with Crippen LogP contribution in [0.25, 0.3) is 0 Å². The molecule has 3 atom stereocenters. The molecule has 2 nitrogen and oxygen atoms in total. The van der Waals surface area contributed by atoms with Gasteiger partial charge in [0.05, 0.1) is 5.92 Å². The van der Waals surface area contributed by atoms with E-state index >= 15 is 0 Å². The Morgan fingerprint density at radius 1 is 1.33 bits per heavy atom. The fourth-order valence-electron chi connectivity index (χ4n) is 2.65. The second-order valence-corrected chi connectivity index (χ2v) is 4.14. The maximum atomic E-state index is 11.5. The molecule has 0 aliphatic heterocycles. The van der Waals surface area contributed by atoms with Crippen molar-refractivity contribution in [2.24, 2.45) is 17.8 Å². The third-order valence-electron chi connectivity index (χ3n) is 3.26. The van der Waals surface area contributed by atoms with E-state index in [1.807, 2.05) is 6.92 Å². The van der Waals surface area contributed by atoms with Gasteiger partial charge < -0.3 is 0 Å². The Labute approximate surface area is 72.3 Å². The molecule has 2 rings (SSSR count). The second kappa shape index (κ2) is 2.68. The van der Waals surface area contributed by atoms with Crippen LogP contribution in [0.1, 0.15) is 32.6 Å². The van der Waals surface area contributed by atoms with Crippen LogP contribution in [-0.2, 0) is 9.59 Å². The first-order chi connectivity index (χ1) is 5.70. The van der Waals surface area contributed by atoms with Gasteiger partial charge in [0.15, 0.2) is 0 Å². The smallest absolute Gasteiger partial charge is 0.146 e. The van der Waals surface area contributed by atoms with E-state index in [4.69, 9.17) is 0 Å². The zero-order valence-electron chi connectivity index (χ0n) is 7.38. The van der Waals surface area contributed by atoms with E-state index < -0.39 is 0 Å². The van der Waals surface area contributed by atoms with E-state index in [0.29, 0.717) is 12.3 Å². The van der Waals surface area contributed by atoms with Crippen LogP contribution in [0.4, 0.5) is 0 Å². The van der Waals surface area contributed by atoms with Gasteiger partial charge in [-0.05, 0) is 25.2 Å². The largest absolute Gasteiger partial charge is 0.299 e. The Morgan fingerprint density at radius 2 is 2.08 bits per heavy atom. The van der Waals surface area contributed by atoms with Crippen LogP contribution >= 0.6 is 0 Å². The van der Waals surface area contributed by atoms with E-state index in [-0.39, 0.29) is 23.4 Å². The van der Waals surface area contributed by atoms with E-state index in [0.717, 1.165) is 19.3 Å². The van der Waals surface area contributed by atoms with Gasteiger partial charge in [0, 0.05) is 12.3 Å². The van der Waals surface area contributed by atoms with Crippen LogP contribution in [-0.4, -0.2) is 11.6 Å². The summed E-state index contributed by atoms with van der Waals surface area (Å²) in [5.41, 5.74) is 0. The summed E-state index contributed by atoms with van der Waals surface area (Å²) in [6.07, 6.45) is 3.68. The maximum Gasteiger partial charge on any atom is 0.146 e. The molecule has 66 valence electrons. The summed E-state index contributed by atoms with van der Waals surface area (Å²) in [4.78, 5) is 22.9. The molecule has 0 N–H and O–H groups in total. The number of hydrogen-bond donors (Lipinski definition) is 0. The molecule has 2 fully saturated rings. The minimum Gasteiger partial charge on any atom is -0.299 e. The Morgan fingerprint density at radius 3 is 2.75 bits per heavy atom. The van der Waals surface area contributed by atoms with Crippen molar-refractivity contribution in [3.05, 3.63) is 0 Å². The molecule has 0 heterocycles. The summed E-state index contributed by atoms with van der Waals surface area (Å²) in [7, 11) is 0. The Bertz CT molecular complexity index is 232. The molecule has 0 saturated heterocycles. The zero-order chi connectivity index (χ0) is 8.72. The normalized spacial score (nSPS) is 41.6. The van der Waals surface area contributed by atoms with Gasteiger partial charge in [-0.1, -0.05) is 6.92 Å². The quantitative estimate of drug-likeness (QED) is 0.512. The van der Waals surface area contributed by atoms with Crippen molar-refractivity contribution in [3.63, 3.8) is 0 Å². The number of rotatable bonds is 0. The minimum atomic E-state index is -0.200. The molecule has 3 unspecified atom stereocenters. The van der Waals surface area contributed by atoms with Crippen molar-refractivity contribution >= 4 is 11.6 Å². The van der Waals surface area contributed by atoms with Gasteiger partial charge in [0.25, 0.3) is 0 Å². The van der Waals surface area contributed by atoms with E-state index in [9.17, 15) is 9.59 Å². The van der Waals surface area contributed by atoms with Gasteiger partial charge >= 0.3 is 0 Å². The molecule has 2 saturated carbocycles. The summed E-state index contributed by atoms with van der Waals surface area (Å²) < 4.78 is 0. The summed E-state index contributed by atoms with van der Waals surface area (Å²) >= 11 is 0. The molecule has 2 aliphatic carbocycles. The monoisotopic (exact) mass is 166 g/mol. The molecule has 0 amide bonds. The minimum absolute atomic E-state index is 0.141. The van der Waals surface area contributed by atoms with Crippen LogP contribution in [0.2, 0.25) is 0 Å². The first-order valence-corrected chi connectivity index (χ1v) is 4.76. The topological polar surface area (TPSA) is 34.1 Å². The highest BCUT2D eigenvalue weighted by molar-refractivity contribution is 6.05. The summed E-state index contributed by atoms with van der Waals surface area (Å²) in [5.74, 6) is 0.759. The zero-order valence-corrected chi connectivity index (χ0v) is 7.38. The van der Waals surface area contributed by atoms with Gasteiger partial charge in [-0.2, -0.15) is 0 Å². The molecule has 0 aromatic heterocycles. The van der Waals surface area contributed by atoms with Crippen molar-refractivity contribution in [1.82, 2.24) is 0 Å². The fourth-order valence-corrected chi connectivity index (χ4v) is 2.65. The molecule has 0 aromatic carbocycles. The highest BCUT2D eigenvalue weighted by atomic mass is 16.2. The molecule has 2 heteroatoms. The number of Topliss-reactive ketones (excluding diaryl/α,β-unsaturated/α-hetero) is 2. The average molecular weight is 166 g/mol. The first kappa shape index (κ1) is 7.96. The number of fused-ring (bicyclic) bond motifs is 1.